The molecule has 0 fully saturated rings. The second-order valence-electron chi connectivity index (χ2n) is 6.94. The molecule has 10 heteroatoms. The number of phenolic OH excluding ortho intramolecular Hbond substituents is 1. The summed E-state index contributed by atoms with van der Waals surface area (Å²) in [5.41, 5.74) is 0.880. The van der Waals surface area contributed by atoms with Crippen molar-refractivity contribution in [3.05, 3.63) is 48.5 Å². The second kappa shape index (κ2) is 7.21. The molecule has 0 atom stereocenters. The molecule has 2 amide bonds. The minimum atomic E-state index is -1.03. The Morgan fingerprint density at radius 3 is 2.66 bits per heavy atom. The maximum atomic E-state index is 13.1. The Morgan fingerprint density at radius 2 is 1.90 bits per heavy atom. The Kier molecular flexibility index (Phi) is 4.71. The van der Waals surface area contributed by atoms with Gasteiger partial charge in [-0.25, -0.2) is 0 Å². The lowest BCUT2D eigenvalue weighted by molar-refractivity contribution is -0.125. The lowest BCUT2D eigenvalue weighted by atomic mass is 9.96. The number of hydrogen-bond donors (Lipinski definition) is 2. The highest BCUT2D eigenvalue weighted by atomic mass is 32.2. The first-order valence-electron chi connectivity index (χ1n) is 8.82. The first-order valence-corrected chi connectivity index (χ1v) is 9.80. The van der Waals surface area contributed by atoms with Crippen LogP contribution < -0.4 is 10.2 Å². The maximum Gasteiger partial charge on any atom is 0.250 e. The predicted molar refractivity (Wildman–Crippen MR) is 108 cm³/mol. The molecule has 0 bridgehead atoms. The van der Waals surface area contributed by atoms with Gasteiger partial charge in [-0.15, -0.1) is 5.10 Å². The summed E-state index contributed by atoms with van der Waals surface area (Å²) in [7, 11) is 0. The zero-order valence-corrected chi connectivity index (χ0v) is 16.6. The summed E-state index contributed by atoms with van der Waals surface area (Å²) in [4.78, 5) is 27.2. The molecule has 2 N–H and O–H groups in total. The lowest BCUT2D eigenvalue weighted by Gasteiger charge is -2.42. The molecule has 1 aromatic heterocycles. The standard InChI is InChI=1S/C19H18N6O3S/c1-19(2)17(28)20-14-5-3-4-6-15(14)24(19)16(27)11-29-18-21-22-23-25(18)12-7-9-13(26)10-8-12/h3-10,26H,11H2,1-2H3,(H,20,28). The zero-order chi connectivity index (χ0) is 20.6. The SMILES string of the molecule is CC1(C)C(=O)Nc2ccccc2N1C(=O)CSc1nnnn1-c1ccc(O)cc1. The monoisotopic (exact) mass is 410 g/mol. The van der Waals surface area contributed by atoms with E-state index in [2.05, 4.69) is 20.8 Å². The molecule has 2 heterocycles. The van der Waals surface area contributed by atoms with Gasteiger partial charge in [-0.2, -0.15) is 4.68 Å². The van der Waals surface area contributed by atoms with Crippen molar-refractivity contribution in [3.63, 3.8) is 0 Å². The molecular formula is C19H18N6O3S. The van der Waals surface area contributed by atoms with Crippen LogP contribution in [-0.4, -0.2) is 48.4 Å². The van der Waals surface area contributed by atoms with Crippen LogP contribution in [0, 0.1) is 0 Å². The number of aromatic nitrogens is 4. The fourth-order valence-electron chi connectivity index (χ4n) is 3.11. The van der Waals surface area contributed by atoms with Gasteiger partial charge >= 0.3 is 0 Å². The van der Waals surface area contributed by atoms with Crippen molar-refractivity contribution >= 4 is 35.0 Å². The molecule has 0 unspecified atom stereocenters. The third-order valence-corrected chi connectivity index (χ3v) is 5.52. The minimum Gasteiger partial charge on any atom is -0.508 e. The van der Waals surface area contributed by atoms with E-state index in [-0.39, 0.29) is 23.3 Å². The van der Waals surface area contributed by atoms with Crippen LogP contribution in [0.4, 0.5) is 11.4 Å². The molecule has 3 aromatic rings. The Labute approximate surface area is 170 Å². The van der Waals surface area contributed by atoms with Crippen LogP contribution >= 0.6 is 11.8 Å². The summed E-state index contributed by atoms with van der Waals surface area (Å²) in [6.07, 6.45) is 0. The number of nitrogens with zero attached hydrogens (tertiary/aromatic N) is 5. The van der Waals surface area contributed by atoms with Crippen molar-refractivity contribution in [2.75, 3.05) is 16.0 Å². The van der Waals surface area contributed by atoms with Gasteiger partial charge in [-0.3, -0.25) is 14.5 Å². The van der Waals surface area contributed by atoms with E-state index >= 15 is 0 Å². The van der Waals surface area contributed by atoms with Gasteiger partial charge in [-0.05, 0) is 60.7 Å². The highest BCUT2D eigenvalue weighted by Gasteiger charge is 2.43. The Balaban J connectivity index is 1.57. The molecule has 0 radical (unpaired) electrons. The first kappa shape index (κ1) is 18.9. The van der Waals surface area contributed by atoms with Gasteiger partial charge in [0.05, 0.1) is 22.8 Å². The molecule has 0 saturated carbocycles. The topological polar surface area (TPSA) is 113 Å². The summed E-state index contributed by atoms with van der Waals surface area (Å²) in [6, 6.07) is 13.6. The molecule has 0 saturated heterocycles. The van der Waals surface area contributed by atoms with E-state index in [4.69, 9.17) is 0 Å². The molecule has 0 spiro atoms. The minimum absolute atomic E-state index is 0.0451. The molecule has 1 aliphatic heterocycles. The number of tetrazole rings is 1. The summed E-state index contributed by atoms with van der Waals surface area (Å²) < 4.78 is 1.49. The number of rotatable bonds is 4. The number of fused-ring (bicyclic) bond motifs is 1. The van der Waals surface area contributed by atoms with Crippen LogP contribution in [-0.2, 0) is 9.59 Å². The number of aromatic hydroxyl groups is 1. The zero-order valence-electron chi connectivity index (χ0n) is 15.7. The summed E-state index contributed by atoms with van der Waals surface area (Å²) in [6.45, 7) is 3.42. The van der Waals surface area contributed by atoms with Gasteiger partial charge in [0.25, 0.3) is 0 Å². The average molecular weight is 410 g/mol. The van der Waals surface area contributed by atoms with Gasteiger partial charge in [0.1, 0.15) is 11.3 Å². The quantitative estimate of drug-likeness (QED) is 0.634. The number of carbonyl (C=O) groups is 2. The highest BCUT2D eigenvalue weighted by Crippen LogP contribution is 2.37. The van der Waals surface area contributed by atoms with Crippen LogP contribution in [0.25, 0.3) is 5.69 Å². The second-order valence-corrected chi connectivity index (χ2v) is 7.88. The number of amides is 2. The molecule has 29 heavy (non-hydrogen) atoms. The number of nitrogens with one attached hydrogen (secondary N) is 1. The van der Waals surface area contributed by atoms with E-state index in [0.717, 1.165) is 0 Å². The average Bonchev–Trinajstić information content (AvgIpc) is 3.16. The van der Waals surface area contributed by atoms with E-state index in [1.165, 1.54) is 33.5 Å². The lowest BCUT2D eigenvalue weighted by Crippen LogP contribution is -2.59. The molecule has 1 aliphatic rings. The summed E-state index contributed by atoms with van der Waals surface area (Å²) in [5.74, 6) is -0.301. The van der Waals surface area contributed by atoms with E-state index in [1.807, 2.05) is 6.07 Å². The largest absolute Gasteiger partial charge is 0.508 e. The normalized spacial score (nSPS) is 15.0. The van der Waals surface area contributed by atoms with Crippen LogP contribution in [0.2, 0.25) is 0 Å². The smallest absolute Gasteiger partial charge is 0.250 e. The van der Waals surface area contributed by atoms with E-state index in [1.54, 1.807) is 44.2 Å². The van der Waals surface area contributed by atoms with Crippen molar-refractivity contribution < 1.29 is 14.7 Å². The third kappa shape index (κ3) is 3.42. The highest BCUT2D eigenvalue weighted by molar-refractivity contribution is 7.99. The van der Waals surface area contributed by atoms with Crippen molar-refractivity contribution in [1.82, 2.24) is 20.2 Å². The van der Waals surface area contributed by atoms with Crippen molar-refractivity contribution in [2.45, 2.75) is 24.5 Å². The van der Waals surface area contributed by atoms with Crippen LogP contribution in [0.5, 0.6) is 5.75 Å². The van der Waals surface area contributed by atoms with Crippen LogP contribution in [0.3, 0.4) is 0 Å². The number of benzene rings is 2. The van der Waals surface area contributed by atoms with Crippen molar-refractivity contribution in [1.29, 1.82) is 0 Å². The Morgan fingerprint density at radius 1 is 1.17 bits per heavy atom. The number of carbonyl (C=O) groups excluding carboxylic acids is 2. The number of thioether (sulfide) groups is 1. The maximum absolute atomic E-state index is 13.1. The Hall–Kier alpha value is -3.40. The molecule has 4 rings (SSSR count). The van der Waals surface area contributed by atoms with Gasteiger partial charge in [0.2, 0.25) is 17.0 Å². The first-order chi connectivity index (χ1) is 13.9. The fourth-order valence-corrected chi connectivity index (χ4v) is 3.85. The fraction of sp³-hybridized carbons (Fsp3) is 0.211. The molecule has 2 aromatic carbocycles. The number of para-hydroxylation sites is 2. The van der Waals surface area contributed by atoms with Gasteiger partial charge < -0.3 is 10.4 Å². The van der Waals surface area contributed by atoms with Crippen LogP contribution in [0.15, 0.2) is 53.7 Å². The number of hydrogen-bond acceptors (Lipinski definition) is 7. The van der Waals surface area contributed by atoms with Gasteiger partial charge in [-0.1, -0.05) is 23.9 Å². The van der Waals surface area contributed by atoms with E-state index < -0.39 is 5.54 Å². The molecule has 0 aliphatic carbocycles. The van der Waals surface area contributed by atoms with Gasteiger partial charge in [0, 0.05) is 0 Å². The summed E-state index contributed by atoms with van der Waals surface area (Å²) >= 11 is 1.17. The molecular weight excluding hydrogens is 392 g/mol. The Bertz CT molecular complexity index is 1080. The number of anilines is 2. The van der Waals surface area contributed by atoms with Crippen molar-refractivity contribution in [3.8, 4) is 11.4 Å². The third-order valence-electron chi connectivity index (χ3n) is 4.62. The molecule has 9 nitrogen and oxygen atoms in total. The van der Waals surface area contributed by atoms with E-state index in [9.17, 15) is 14.7 Å². The summed E-state index contributed by atoms with van der Waals surface area (Å²) in [5, 5.41) is 24.3. The van der Waals surface area contributed by atoms with Crippen LogP contribution in [0.1, 0.15) is 13.8 Å². The van der Waals surface area contributed by atoms with Crippen molar-refractivity contribution in [2.24, 2.45) is 0 Å². The van der Waals surface area contributed by atoms with E-state index in [0.29, 0.717) is 22.2 Å². The molecule has 148 valence electrons. The predicted octanol–water partition coefficient (Wildman–Crippen LogP) is 2.22. The van der Waals surface area contributed by atoms with Gasteiger partial charge in [0.15, 0.2) is 0 Å². The number of phenols is 1.